The first kappa shape index (κ1) is 16.7. The third kappa shape index (κ3) is 3.52. The average molecular weight is 358 g/mol. The second kappa shape index (κ2) is 6.42. The molecule has 0 bridgehead atoms. The van der Waals surface area contributed by atoms with Crippen LogP contribution in [-0.2, 0) is 9.84 Å². The molecular weight excluding hydrogens is 338 g/mol. The van der Waals surface area contributed by atoms with Gasteiger partial charge in [-0.1, -0.05) is 24.3 Å². The number of thiophene rings is 1. The fraction of sp³-hybridized carbons (Fsp3) is 0.158. The molecule has 1 aromatic heterocycles. The second-order valence-corrected chi connectivity index (χ2v) is 9.00. The predicted molar refractivity (Wildman–Crippen MR) is 103 cm³/mol. The molecule has 124 valence electrons. The molecule has 3 nitrogen and oxygen atoms in total. The van der Waals surface area contributed by atoms with Crippen molar-refractivity contribution < 1.29 is 8.42 Å². The summed E-state index contributed by atoms with van der Waals surface area (Å²) >= 11 is 1.70. The Balaban J connectivity index is 1.87. The number of rotatable bonds is 4. The van der Waals surface area contributed by atoms with E-state index >= 15 is 0 Å². The Hall–Kier alpha value is -2.11. The Bertz CT molecular complexity index is 938. The molecule has 0 radical (unpaired) electrons. The maximum Gasteiger partial charge on any atom is 0.175 e. The van der Waals surface area contributed by atoms with Gasteiger partial charge in [-0.25, -0.2) is 8.42 Å². The molecule has 1 heterocycles. The van der Waals surface area contributed by atoms with E-state index in [1.807, 2.05) is 26.2 Å². The molecule has 0 N–H and O–H groups in total. The summed E-state index contributed by atoms with van der Waals surface area (Å²) in [5.41, 5.74) is 3.39. The van der Waals surface area contributed by atoms with E-state index in [1.165, 1.54) is 22.4 Å². The van der Waals surface area contributed by atoms with Gasteiger partial charge in [0, 0.05) is 35.8 Å². The van der Waals surface area contributed by atoms with Crippen LogP contribution in [0.3, 0.4) is 0 Å². The van der Waals surface area contributed by atoms with Crippen LogP contribution < -0.4 is 4.90 Å². The van der Waals surface area contributed by atoms with Gasteiger partial charge in [0.05, 0.1) is 4.90 Å². The Kier molecular flexibility index (Phi) is 4.47. The molecule has 0 saturated heterocycles. The number of nitrogens with zero attached hydrogens (tertiary/aromatic N) is 1. The van der Waals surface area contributed by atoms with Crippen LogP contribution in [0, 0.1) is 0 Å². The topological polar surface area (TPSA) is 37.4 Å². The summed E-state index contributed by atoms with van der Waals surface area (Å²) < 4.78 is 23.1. The molecule has 0 spiro atoms. The summed E-state index contributed by atoms with van der Waals surface area (Å²) in [6, 6.07) is 19.7. The maximum absolute atomic E-state index is 11.5. The van der Waals surface area contributed by atoms with Crippen molar-refractivity contribution >= 4 is 26.9 Å². The van der Waals surface area contributed by atoms with Crippen molar-refractivity contribution in [3.8, 4) is 20.9 Å². The lowest BCUT2D eigenvalue weighted by molar-refractivity contribution is 0.602. The van der Waals surface area contributed by atoms with Crippen LogP contribution in [-0.4, -0.2) is 28.8 Å². The standard InChI is InChI=1S/C19H19NO2S2/c1-20(2)16-8-4-14(5-9-16)18-12-13-19(23-18)15-6-10-17(11-7-15)24(3,21)22/h4-13H,1-3H3. The van der Waals surface area contributed by atoms with Gasteiger partial charge in [-0.05, 0) is 47.5 Å². The molecule has 0 unspecified atom stereocenters. The van der Waals surface area contributed by atoms with Crippen molar-refractivity contribution in [3.63, 3.8) is 0 Å². The number of anilines is 1. The maximum atomic E-state index is 11.5. The highest BCUT2D eigenvalue weighted by Crippen LogP contribution is 2.35. The van der Waals surface area contributed by atoms with Gasteiger partial charge in [-0.15, -0.1) is 11.3 Å². The number of benzene rings is 2. The summed E-state index contributed by atoms with van der Waals surface area (Å²) in [6.45, 7) is 0. The first-order valence-corrected chi connectivity index (χ1v) is 10.2. The Morgan fingerprint density at radius 2 is 1.21 bits per heavy atom. The van der Waals surface area contributed by atoms with Gasteiger partial charge in [-0.3, -0.25) is 0 Å². The van der Waals surface area contributed by atoms with E-state index in [0.717, 1.165) is 10.4 Å². The molecular formula is C19H19NO2S2. The number of hydrogen-bond donors (Lipinski definition) is 0. The van der Waals surface area contributed by atoms with Crippen LogP contribution in [0.2, 0.25) is 0 Å². The average Bonchev–Trinajstić information content (AvgIpc) is 3.04. The van der Waals surface area contributed by atoms with Crippen LogP contribution in [0.1, 0.15) is 0 Å². The molecule has 0 fully saturated rings. The summed E-state index contributed by atoms with van der Waals surface area (Å²) in [7, 11) is 0.901. The largest absolute Gasteiger partial charge is 0.378 e. The summed E-state index contributed by atoms with van der Waals surface area (Å²) in [5, 5.41) is 0. The highest BCUT2D eigenvalue weighted by Gasteiger charge is 2.09. The molecule has 5 heteroatoms. The molecule has 0 atom stereocenters. The zero-order chi connectivity index (χ0) is 17.3. The molecule has 3 aromatic rings. The zero-order valence-corrected chi connectivity index (χ0v) is 15.5. The van der Waals surface area contributed by atoms with Gasteiger partial charge in [0.1, 0.15) is 0 Å². The van der Waals surface area contributed by atoms with Gasteiger partial charge in [-0.2, -0.15) is 0 Å². The van der Waals surface area contributed by atoms with Gasteiger partial charge in [0.25, 0.3) is 0 Å². The van der Waals surface area contributed by atoms with E-state index in [0.29, 0.717) is 4.90 Å². The van der Waals surface area contributed by atoms with E-state index in [2.05, 4.69) is 41.3 Å². The van der Waals surface area contributed by atoms with E-state index < -0.39 is 9.84 Å². The van der Waals surface area contributed by atoms with Crippen molar-refractivity contribution in [2.24, 2.45) is 0 Å². The Morgan fingerprint density at radius 1 is 0.750 bits per heavy atom. The van der Waals surface area contributed by atoms with Crippen molar-refractivity contribution in [1.82, 2.24) is 0 Å². The molecule has 0 amide bonds. The molecule has 24 heavy (non-hydrogen) atoms. The van der Waals surface area contributed by atoms with Crippen molar-refractivity contribution in [3.05, 3.63) is 60.7 Å². The molecule has 0 aliphatic heterocycles. The summed E-state index contributed by atoms with van der Waals surface area (Å²) in [6.07, 6.45) is 1.22. The molecule has 3 rings (SSSR count). The normalized spacial score (nSPS) is 11.5. The molecule has 0 saturated carbocycles. The quantitative estimate of drug-likeness (QED) is 0.687. The highest BCUT2D eigenvalue weighted by atomic mass is 32.2. The van der Waals surface area contributed by atoms with Crippen molar-refractivity contribution in [1.29, 1.82) is 0 Å². The van der Waals surface area contributed by atoms with Gasteiger partial charge in [0.15, 0.2) is 9.84 Å². The van der Waals surface area contributed by atoms with E-state index in [-0.39, 0.29) is 0 Å². The predicted octanol–water partition coefficient (Wildman–Crippen LogP) is 4.55. The third-order valence-corrected chi connectivity index (χ3v) is 6.15. The first-order valence-electron chi connectivity index (χ1n) is 7.53. The van der Waals surface area contributed by atoms with Gasteiger partial charge in [0.2, 0.25) is 0 Å². The number of sulfone groups is 1. The fourth-order valence-corrected chi connectivity index (χ4v) is 4.09. The van der Waals surface area contributed by atoms with Crippen molar-refractivity contribution in [2.75, 3.05) is 25.3 Å². The minimum Gasteiger partial charge on any atom is -0.378 e. The Labute approximate surface area is 147 Å². The minimum absolute atomic E-state index is 0.349. The van der Waals surface area contributed by atoms with E-state index in [9.17, 15) is 8.42 Å². The highest BCUT2D eigenvalue weighted by molar-refractivity contribution is 7.90. The first-order chi connectivity index (χ1) is 11.3. The van der Waals surface area contributed by atoms with E-state index in [4.69, 9.17) is 0 Å². The smallest absolute Gasteiger partial charge is 0.175 e. The lowest BCUT2D eigenvalue weighted by Crippen LogP contribution is -2.07. The van der Waals surface area contributed by atoms with Crippen LogP contribution in [0.5, 0.6) is 0 Å². The summed E-state index contributed by atoms with van der Waals surface area (Å²) in [5.74, 6) is 0. The second-order valence-electron chi connectivity index (χ2n) is 5.90. The molecule has 0 aliphatic rings. The zero-order valence-electron chi connectivity index (χ0n) is 13.9. The molecule has 2 aromatic carbocycles. The van der Waals surface area contributed by atoms with Gasteiger partial charge >= 0.3 is 0 Å². The van der Waals surface area contributed by atoms with Crippen molar-refractivity contribution in [2.45, 2.75) is 4.90 Å². The molecule has 0 aliphatic carbocycles. The van der Waals surface area contributed by atoms with Crippen LogP contribution in [0.15, 0.2) is 65.6 Å². The SMILES string of the molecule is CN(C)c1ccc(-c2ccc(-c3ccc(S(C)(=O)=O)cc3)s2)cc1. The summed E-state index contributed by atoms with van der Waals surface area (Å²) in [4.78, 5) is 4.75. The Morgan fingerprint density at radius 3 is 1.62 bits per heavy atom. The van der Waals surface area contributed by atoms with Crippen LogP contribution in [0.25, 0.3) is 20.9 Å². The van der Waals surface area contributed by atoms with E-state index in [1.54, 1.807) is 23.5 Å². The lowest BCUT2D eigenvalue weighted by atomic mass is 10.1. The number of hydrogen-bond acceptors (Lipinski definition) is 4. The third-order valence-electron chi connectivity index (χ3n) is 3.84. The lowest BCUT2D eigenvalue weighted by Gasteiger charge is -2.12. The fourth-order valence-electron chi connectivity index (χ4n) is 2.44. The monoisotopic (exact) mass is 357 g/mol. The minimum atomic E-state index is -3.15. The van der Waals surface area contributed by atoms with Crippen LogP contribution >= 0.6 is 11.3 Å². The van der Waals surface area contributed by atoms with Gasteiger partial charge < -0.3 is 4.90 Å². The van der Waals surface area contributed by atoms with Crippen LogP contribution in [0.4, 0.5) is 5.69 Å².